The summed E-state index contributed by atoms with van der Waals surface area (Å²) in [6, 6.07) is -0.361. The van der Waals surface area contributed by atoms with Crippen molar-refractivity contribution in [3.05, 3.63) is 23.8 Å². The molecule has 0 saturated heterocycles. The molecular weight excluding hydrogens is 477 g/mol. The largest absolute Gasteiger partial charge is 0.465 e. The fraction of sp³-hybridized carbons (Fsp3) is 0.759. The minimum Gasteiger partial charge on any atom is -0.465 e. The molecule has 0 spiro atoms. The highest BCUT2D eigenvalue weighted by Crippen LogP contribution is 2.72. The predicted octanol–water partition coefficient (Wildman–Crippen LogP) is 4.22. The van der Waals surface area contributed by atoms with Crippen molar-refractivity contribution in [3.63, 3.8) is 0 Å². The van der Waals surface area contributed by atoms with E-state index in [1.54, 1.807) is 13.0 Å². The fourth-order valence-corrected chi connectivity index (χ4v) is 9.84. The average Bonchev–Trinajstić information content (AvgIpc) is 3.08. The molecule has 0 aromatic carbocycles. The van der Waals surface area contributed by atoms with Crippen LogP contribution in [0.15, 0.2) is 23.8 Å². The molecule has 5 rings (SSSR count). The maximum atomic E-state index is 17.5. The summed E-state index contributed by atoms with van der Waals surface area (Å²) in [6.07, 6.45) is 7.07. The molecule has 0 aliphatic heterocycles. The number of carboxylic acid groups (broad SMARTS) is 1. The Morgan fingerprint density at radius 2 is 1.81 bits per heavy atom. The third kappa shape index (κ3) is 3.20. The highest BCUT2D eigenvalue weighted by Gasteiger charge is 2.77. The molecule has 3 unspecified atom stereocenters. The smallest absolute Gasteiger partial charge is 0.408 e. The zero-order valence-electron chi connectivity index (χ0n) is 22.1. The van der Waals surface area contributed by atoms with Crippen molar-refractivity contribution in [2.24, 2.45) is 28.6 Å². The predicted molar refractivity (Wildman–Crippen MR) is 134 cm³/mol. The first kappa shape index (κ1) is 26.5. The Balaban J connectivity index is 1.67. The van der Waals surface area contributed by atoms with Gasteiger partial charge in [-0.25, -0.2) is 9.18 Å². The number of halogens is 1. The molecule has 0 aromatic heterocycles. The van der Waals surface area contributed by atoms with Crippen LogP contribution in [0.5, 0.6) is 0 Å². The third-order valence-corrected chi connectivity index (χ3v) is 11.3. The second kappa shape index (κ2) is 8.73. The van der Waals surface area contributed by atoms with Crippen molar-refractivity contribution in [2.45, 2.75) is 102 Å². The van der Waals surface area contributed by atoms with Gasteiger partial charge in [0.1, 0.15) is 12.1 Å². The van der Waals surface area contributed by atoms with Crippen LogP contribution in [0.4, 0.5) is 9.18 Å². The molecule has 0 heterocycles. The SMILES string of the molecule is C[C@H]1CC2C3CCC4=CC(=O)C=C[C@]4(C)C3(F)[C@@H](O)C[C@]2(C)[C@@]1(C(=O)CO)N(C(=O)O)C1CCCCC1. The van der Waals surface area contributed by atoms with Crippen LogP contribution in [0.1, 0.15) is 78.6 Å². The maximum Gasteiger partial charge on any atom is 0.408 e. The number of Topliss-reactive ketones (excluding diaryl/α,β-unsaturated/α-hetero) is 1. The summed E-state index contributed by atoms with van der Waals surface area (Å²) in [7, 11) is 0. The number of carbonyl (C=O) groups is 3. The molecule has 8 atom stereocenters. The van der Waals surface area contributed by atoms with E-state index in [0.717, 1.165) is 19.3 Å². The summed E-state index contributed by atoms with van der Waals surface area (Å²) < 4.78 is 17.5. The Hall–Kier alpha value is -2.06. The number of ketones is 2. The highest BCUT2D eigenvalue weighted by molar-refractivity contribution is 6.01. The van der Waals surface area contributed by atoms with Gasteiger partial charge in [0.15, 0.2) is 17.2 Å². The number of amides is 1. The van der Waals surface area contributed by atoms with Gasteiger partial charge in [-0.3, -0.25) is 14.5 Å². The maximum absolute atomic E-state index is 17.5. The van der Waals surface area contributed by atoms with Gasteiger partial charge in [0.2, 0.25) is 0 Å². The van der Waals surface area contributed by atoms with E-state index in [-0.39, 0.29) is 24.2 Å². The molecule has 3 N–H and O–H groups in total. The van der Waals surface area contributed by atoms with Gasteiger partial charge >= 0.3 is 6.09 Å². The van der Waals surface area contributed by atoms with E-state index < -0.39 is 58.5 Å². The highest BCUT2D eigenvalue weighted by atomic mass is 19.1. The number of fused-ring (bicyclic) bond motifs is 5. The number of hydrogen-bond donors (Lipinski definition) is 3. The number of rotatable bonds is 4. The standard InChI is InChI=1S/C29H40FNO6/c1-17-13-22-21-10-9-18-14-20(33)11-12-26(18,2)28(21,30)23(34)15-27(22,3)29(17,24(35)16-32)31(25(36)37)19-7-5-4-6-8-19/h11-12,14,17,19,21-23,32,34H,4-10,13,15-16H2,1-3H3,(H,36,37)/t17-,21?,22?,23-,26-,27-,28?,29+/m0/s1. The first-order valence-corrected chi connectivity index (χ1v) is 13.9. The van der Waals surface area contributed by atoms with Crippen molar-refractivity contribution in [1.29, 1.82) is 0 Å². The number of aliphatic hydroxyl groups is 2. The lowest BCUT2D eigenvalue weighted by atomic mass is 9.44. The van der Waals surface area contributed by atoms with E-state index in [4.69, 9.17) is 0 Å². The molecule has 4 fully saturated rings. The van der Waals surface area contributed by atoms with Crippen LogP contribution in [0.25, 0.3) is 0 Å². The lowest BCUT2D eigenvalue weighted by Gasteiger charge is -2.64. The van der Waals surface area contributed by atoms with Crippen LogP contribution in [0.3, 0.4) is 0 Å². The van der Waals surface area contributed by atoms with E-state index in [0.29, 0.717) is 37.7 Å². The summed E-state index contributed by atoms with van der Waals surface area (Å²) in [5, 5.41) is 32.5. The topological polar surface area (TPSA) is 115 Å². The Kier molecular flexibility index (Phi) is 6.26. The van der Waals surface area contributed by atoms with Gasteiger partial charge in [-0.1, -0.05) is 44.8 Å². The van der Waals surface area contributed by atoms with Crippen LogP contribution in [-0.2, 0) is 9.59 Å². The zero-order valence-corrected chi connectivity index (χ0v) is 22.1. The Morgan fingerprint density at radius 3 is 2.43 bits per heavy atom. The molecule has 5 aliphatic rings. The molecule has 8 heteroatoms. The van der Waals surface area contributed by atoms with Gasteiger partial charge in [-0.05, 0) is 69.4 Å². The number of alkyl halides is 1. The van der Waals surface area contributed by atoms with Gasteiger partial charge in [0.05, 0.1) is 6.10 Å². The normalized spacial score (nSPS) is 45.5. The summed E-state index contributed by atoms with van der Waals surface area (Å²) in [4.78, 5) is 40.3. The molecule has 0 aromatic rings. The quantitative estimate of drug-likeness (QED) is 0.515. The van der Waals surface area contributed by atoms with Crippen LogP contribution in [0, 0.1) is 28.6 Å². The number of carbonyl (C=O) groups excluding carboxylic acids is 2. The van der Waals surface area contributed by atoms with Gasteiger partial charge in [0, 0.05) is 22.8 Å². The molecule has 204 valence electrons. The van der Waals surface area contributed by atoms with Crippen LogP contribution >= 0.6 is 0 Å². The molecule has 0 radical (unpaired) electrons. The molecule has 7 nitrogen and oxygen atoms in total. The van der Waals surface area contributed by atoms with Crippen molar-refractivity contribution < 1.29 is 34.1 Å². The second-order valence-electron chi connectivity index (χ2n) is 12.7. The monoisotopic (exact) mass is 517 g/mol. The summed E-state index contributed by atoms with van der Waals surface area (Å²) >= 11 is 0. The van der Waals surface area contributed by atoms with E-state index in [1.165, 1.54) is 17.1 Å². The van der Waals surface area contributed by atoms with E-state index in [9.17, 15) is 29.7 Å². The van der Waals surface area contributed by atoms with Crippen LogP contribution < -0.4 is 0 Å². The molecule has 37 heavy (non-hydrogen) atoms. The van der Waals surface area contributed by atoms with Crippen molar-refractivity contribution in [3.8, 4) is 0 Å². The molecule has 4 saturated carbocycles. The van der Waals surface area contributed by atoms with Gasteiger partial charge in [-0.2, -0.15) is 0 Å². The number of allylic oxidation sites excluding steroid dienone is 4. The molecule has 0 bridgehead atoms. The Morgan fingerprint density at radius 1 is 1.14 bits per heavy atom. The minimum atomic E-state index is -2.06. The molecule has 5 aliphatic carbocycles. The van der Waals surface area contributed by atoms with Gasteiger partial charge < -0.3 is 15.3 Å². The molecule has 1 amide bonds. The fourth-order valence-electron chi connectivity index (χ4n) is 9.84. The van der Waals surface area contributed by atoms with Gasteiger partial charge in [-0.15, -0.1) is 0 Å². The number of hydrogen-bond acceptors (Lipinski definition) is 5. The second-order valence-corrected chi connectivity index (χ2v) is 12.7. The number of nitrogens with zero attached hydrogens (tertiary/aromatic N) is 1. The first-order chi connectivity index (χ1) is 17.4. The molecular formula is C29H40FNO6. The average molecular weight is 518 g/mol. The van der Waals surface area contributed by atoms with Crippen molar-refractivity contribution in [1.82, 2.24) is 4.90 Å². The first-order valence-electron chi connectivity index (χ1n) is 13.9. The third-order valence-electron chi connectivity index (χ3n) is 11.3. The van der Waals surface area contributed by atoms with Crippen LogP contribution in [-0.4, -0.2) is 67.8 Å². The zero-order chi connectivity index (χ0) is 27.0. The van der Waals surface area contributed by atoms with Crippen LogP contribution in [0.2, 0.25) is 0 Å². The van der Waals surface area contributed by atoms with E-state index >= 15 is 4.39 Å². The lowest BCUT2D eigenvalue weighted by molar-refractivity contribution is -0.210. The summed E-state index contributed by atoms with van der Waals surface area (Å²) in [5.41, 5.74) is -5.16. The summed E-state index contributed by atoms with van der Waals surface area (Å²) in [6.45, 7) is 4.65. The van der Waals surface area contributed by atoms with Crippen molar-refractivity contribution in [2.75, 3.05) is 6.61 Å². The minimum absolute atomic E-state index is 0.0953. The van der Waals surface area contributed by atoms with Crippen molar-refractivity contribution >= 4 is 17.7 Å². The summed E-state index contributed by atoms with van der Waals surface area (Å²) in [5.74, 6) is -2.19. The lowest BCUT2D eigenvalue weighted by Crippen LogP contribution is -2.74. The van der Waals surface area contributed by atoms with E-state index in [1.807, 2.05) is 13.8 Å². The Labute approximate surface area is 217 Å². The van der Waals surface area contributed by atoms with Gasteiger partial charge in [0.25, 0.3) is 0 Å². The Bertz CT molecular complexity index is 1070. The van der Waals surface area contributed by atoms with E-state index in [2.05, 4.69) is 0 Å². The number of aliphatic hydroxyl groups excluding tert-OH is 2.